The zero-order valence-electron chi connectivity index (χ0n) is 15.7. The molecule has 142 valence electrons. The molecule has 0 saturated carbocycles. The Hall–Kier alpha value is -4.17. The van der Waals surface area contributed by atoms with Crippen LogP contribution in [0, 0.1) is 11.3 Å². The van der Waals surface area contributed by atoms with E-state index in [4.69, 9.17) is 9.47 Å². The fourth-order valence-corrected chi connectivity index (χ4v) is 2.59. The van der Waals surface area contributed by atoms with Crippen molar-refractivity contribution in [1.29, 1.82) is 5.26 Å². The third kappa shape index (κ3) is 4.96. The molecule has 3 aromatic rings. The Morgan fingerprint density at radius 2 is 1.45 bits per heavy atom. The molecule has 0 bridgehead atoms. The molecule has 29 heavy (non-hydrogen) atoms. The smallest absolute Gasteiger partial charge is 0.343 e. The number of hydrogen-bond donors (Lipinski definition) is 0. The molecule has 5 nitrogen and oxygen atoms in total. The molecule has 0 radical (unpaired) electrons. The first-order valence-electron chi connectivity index (χ1n) is 8.78. The van der Waals surface area contributed by atoms with Gasteiger partial charge in [-0.2, -0.15) is 5.26 Å². The maximum Gasteiger partial charge on any atom is 0.343 e. The van der Waals surface area contributed by atoms with Crippen LogP contribution in [0.2, 0.25) is 0 Å². The van der Waals surface area contributed by atoms with E-state index in [-0.39, 0.29) is 11.4 Å². The number of methoxy groups -OCH3 is 1. The number of nitrogens with zero attached hydrogens (tertiary/aromatic N) is 1. The third-order valence-corrected chi connectivity index (χ3v) is 4.13. The summed E-state index contributed by atoms with van der Waals surface area (Å²) >= 11 is 0. The summed E-state index contributed by atoms with van der Waals surface area (Å²) in [6.45, 7) is 0. The second kappa shape index (κ2) is 9.16. The van der Waals surface area contributed by atoms with E-state index in [1.807, 2.05) is 6.07 Å². The number of Topliss-reactive ketones (excluding diaryl/α,β-unsaturated/α-hetero) is 1. The van der Waals surface area contributed by atoms with E-state index in [2.05, 4.69) is 0 Å². The van der Waals surface area contributed by atoms with Crippen LogP contribution in [0.25, 0.3) is 6.08 Å². The Morgan fingerprint density at radius 3 is 2.03 bits per heavy atom. The maximum absolute atomic E-state index is 12.4. The lowest BCUT2D eigenvalue weighted by Gasteiger charge is -2.06. The number of allylic oxidation sites excluding steroid dienone is 1. The van der Waals surface area contributed by atoms with Crippen LogP contribution in [0.15, 0.2) is 84.4 Å². The minimum atomic E-state index is -0.493. The van der Waals surface area contributed by atoms with Gasteiger partial charge in [0, 0.05) is 5.56 Å². The van der Waals surface area contributed by atoms with Gasteiger partial charge in [-0.05, 0) is 48.0 Å². The number of ketones is 1. The van der Waals surface area contributed by atoms with Crippen molar-refractivity contribution in [2.75, 3.05) is 7.11 Å². The first kappa shape index (κ1) is 19.6. The first-order chi connectivity index (χ1) is 14.1. The molecule has 0 spiro atoms. The van der Waals surface area contributed by atoms with Gasteiger partial charge in [0.1, 0.15) is 23.1 Å². The summed E-state index contributed by atoms with van der Waals surface area (Å²) in [5.41, 5.74) is 1.52. The van der Waals surface area contributed by atoms with E-state index in [0.29, 0.717) is 28.2 Å². The van der Waals surface area contributed by atoms with Gasteiger partial charge < -0.3 is 9.47 Å². The number of nitriles is 1. The SMILES string of the molecule is COc1ccc(C(=O)Oc2ccc(C=C(C#N)C(=O)c3ccccc3)cc2)cc1. The van der Waals surface area contributed by atoms with Crippen molar-refractivity contribution in [3.05, 3.63) is 101 Å². The van der Waals surface area contributed by atoms with Crippen molar-refractivity contribution in [3.8, 4) is 17.6 Å². The minimum absolute atomic E-state index is 0.0270. The Kier molecular flexibility index (Phi) is 6.18. The first-order valence-corrected chi connectivity index (χ1v) is 8.78. The van der Waals surface area contributed by atoms with Crippen LogP contribution in [0.1, 0.15) is 26.3 Å². The number of ether oxygens (including phenoxy) is 2. The maximum atomic E-state index is 12.4. The molecule has 0 aliphatic rings. The summed E-state index contributed by atoms with van der Waals surface area (Å²) in [5.74, 6) is 0.169. The Labute approximate surface area is 168 Å². The van der Waals surface area contributed by atoms with Crippen LogP contribution < -0.4 is 9.47 Å². The highest BCUT2D eigenvalue weighted by molar-refractivity contribution is 6.14. The second-order valence-corrected chi connectivity index (χ2v) is 6.05. The fourth-order valence-electron chi connectivity index (χ4n) is 2.59. The average Bonchev–Trinajstić information content (AvgIpc) is 2.78. The topological polar surface area (TPSA) is 76.4 Å². The molecule has 5 heteroatoms. The lowest BCUT2D eigenvalue weighted by Crippen LogP contribution is -2.08. The van der Waals surface area contributed by atoms with Crippen molar-refractivity contribution < 1.29 is 19.1 Å². The van der Waals surface area contributed by atoms with Gasteiger partial charge in [-0.15, -0.1) is 0 Å². The lowest BCUT2D eigenvalue weighted by molar-refractivity contribution is 0.0734. The van der Waals surface area contributed by atoms with Gasteiger partial charge >= 0.3 is 5.97 Å². The van der Waals surface area contributed by atoms with E-state index < -0.39 is 5.97 Å². The van der Waals surface area contributed by atoms with Gasteiger partial charge in [0.2, 0.25) is 5.78 Å². The molecule has 0 fully saturated rings. The van der Waals surface area contributed by atoms with Crippen LogP contribution in [-0.2, 0) is 0 Å². The molecule has 0 heterocycles. The zero-order valence-corrected chi connectivity index (χ0v) is 15.7. The molecule has 0 aliphatic carbocycles. The van der Waals surface area contributed by atoms with Gasteiger partial charge in [0.25, 0.3) is 0 Å². The number of rotatable bonds is 6. The quantitative estimate of drug-likeness (QED) is 0.203. The molecule has 0 N–H and O–H groups in total. The molecule has 0 aromatic heterocycles. The molecule has 0 aliphatic heterocycles. The highest BCUT2D eigenvalue weighted by Gasteiger charge is 2.12. The average molecular weight is 383 g/mol. The standard InChI is InChI=1S/C24H17NO4/c1-28-21-13-9-19(10-14-21)24(27)29-22-11-7-17(8-12-22)15-20(16-25)23(26)18-5-3-2-4-6-18/h2-15H,1H3. The summed E-state index contributed by atoms with van der Waals surface area (Å²) < 4.78 is 10.4. The normalized spacial score (nSPS) is 10.7. The predicted molar refractivity (Wildman–Crippen MR) is 109 cm³/mol. The van der Waals surface area contributed by atoms with Gasteiger partial charge in [0.05, 0.1) is 12.7 Å². The van der Waals surface area contributed by atoms with Crippen LogP contribution in [0.3, 0.4) is 0 Å². The van der Waals surface area contributed by atoms with Gasteiger partial charge in [-0.1, -0.05) is 42.5 Å². The van der Waals surface area contributed by atoms with E-state index in [1.165, 1.54) is 6.08 Å². The van der Waals surface area contributed by atoms with E-state index in [9.17, 15) is 14.9 Å². The van der Waals surface area contributed by atoms with E-state index >= 15 is 0 Å². The number of carbonyl (C=O) groups is 2. The minimum Gasteiger partial charge on any atom is -0.497 e. The summed E-state index contributed by atoms with van der Waals surface area (Å²) in [7, 11) is 1.55. The lowest BCUT2D eigenvalue weighted by atomic mass is 10.0. The number of carbonyl (C=O) groups excluding carboxylic acids is 2. The Morgan fingerprint density at radius 1 is 0.828 bits per heavy atom. The van der Waals surface area contributed by atoms with Crippen LogP contribution in [0.4, 0.5) is 0 Å². The molecule has 3 aromatic carbocycles. The molecular weight excluding hydrogens is 366 g/mol. The molecule has 0 saturated heterocycles. The van der Waals surface area contributed by atoms with E-state index in [1.54, 1.807) is 86.0 Å². The Balaban J connectivity index is 1.72. The van der Waals surface area contributed by atoms with Crippen molar-refractivity contribution in [2.45, 2.75) is 0 Å². The van der Waals surface area contributed by atoms with Crippen LogP contribution in [-0.4, -0.2) is 18.9 Å². The predicted octanol–water partition coefficient (Wildman–Crippen LogP) is 4.70. The van der Waals surface area contributed by atoms with Gasteiger partial charge in [0.15, 0.2) is 0 Å². The summed E-state index contributed by atoms with van der Waals surface area (Å²) in [5, 5.41) is 9.34. The number of esters is 1. The van der Waals surface area contributed by atoms with E-state index in [0.717, 1.165) is 0 Å². The zero-order chi connectivity index (χ0) is 20.6. The van der Waals surface area contributed by atoms with Crippen LogP contribution in [0.5, 0.6) is 11.5 Å². The van der Waals surface area contributed by atoms with Crippen LogP contribution >= 0.6 is 0 Å². The van der Waals surface area contributed by atoms with Crippen molar-refractivity contribution in [1.82, 2.24) is 0 Å². The molecular formula is C24H17NO4. The van der Waals surface area contributed by atoms with Gasteiger partial charge in [-0.25, -0.2) is 4.79 Å². The highest BCUT2D eigenvalue weighted by atomic mass is 16.5. The molecule has 3 rings (SSSR count). The largest absolute Gasteiger partial charge is 0.497 e. The van der Waals surface area contributed by atoms with Crippen molar-refractivity contribution in [3.63, 3.8) is 0 Å². The van der Waals surface area contributed by atoms with Crippen molar-refractivity contribution >= 4 is 17.8 Å². The number of hydrogen-bond acceptors (Lipinski definition) is 5. The monoisotopic (exact) mass is 383 g/mol. The van der Waals surface area contributed by atoms with Crippen molar-refractivity contribution in [2.24, 2.45) is 0 Å². The summed E-state index contributed by atoms with van der Waals surface area (Å²) in [6.07, 6.45) is 1.50. The molecule has 0 amide bonds. The fraction of sp³-hybridized carbons (Fsp3) is 0.0417. The summed E-state index contributed by atoms with van der Waals surface area (Å²) in [6, 6.07) is 23.7. The third-order valence-electron chi connectivity index (χ3n) is 4.13. The van der Waals surface area contributed by atoms with Gasteiger partial charge in [-0.3, -0.25) is 4.79 Å². The second-order valence-electron chi connectivity index (χ2n) is 6.05. The molecule has 0 unspecified atom stereocenters. The number of benzene rings is 3. The Bertz CT molecular complexity index is 1080. The summed E-state index contributed by atoms with van der Waals surface area (Å²) in [4.78, 5) is 24.6. The highest BCUT2D eigenvalue weighted by Crippen LogP contribution is 2.18. The molecule has 0 atom stereocenters.